The van der Waals surface area contributed by atoms with Gasteiger partial charge in [-0.1, -0.05) is 85.3 Å². The molecule has 0 bridgehead atoms. The van der Waals surface area contributed by atoms with E-state index in [2.05, 4.69) is 10.6 Å². The zero-order chi connectivity index (χ0) is 29.5. The molecule has 0 radical (unpaired) electrons. The summed E-state index contributed by atoms with van der Waals surface area (Å²) in [5, 5.41) is 14.7. The largest absolute Gasteiger partial charge is 0.481 e. The first kappa shape index (κ1) is 28.9. The Morgan fingerprint density at radius 2 is 1.48 bits per heavy atom. The maximum absolute atomic E-state index is 13.3. The van der Waals surface area contributed by atoms with Crippen molar-refractivity contribution in [2.45, 2.75) is 56.7 Å². The summed E-state index contributed by atoms with van der Waals surface area (Å²) in [6.45, 7) is 0.0816. The first-order valence-corrected chi connectivity index (χ1v) is 14.2. The second-order valence-corrected chi connectivity index (χ2v) is 10.8. The summed E-state index contributed by atoms with van der Waals surface area (Å²) in [6.07, 6.45) is 0.794. The number of rotatable bonds is 11. The van der Waals surface area contributed by atoms with Crippen LogP contribution >= 0.6 is 0 Å². The van der Waals surface area contributed by atoms with Crippen LogP contribution in [0.2, 0.25) is 0 Å². The molecule has 3 atom stereocenters. The molecule has 0 spiro atoms. The van der Waals surface area contributed by atoms with Gasteiger partial charge < -0.3 is 25.2 Å². The number of alkyl carbamates (subject to hydrolysis) is 1. The Balaban J connectivity index is 1.24. The van der Waals surface area contributed by atoms with Gasteiger partial charge in [0.25, 0.3) is 0 Å². The maximum atomic E-state index is 13.3. The third-order valence-corrected chi connectivity index (χ3v) is 7.99. The number of carboxylic acid groups (broad SMARTS) is 1. The van der Waals surface area contributed by atoms with Crippen molar-refractivity contribution in [3.63, 3.8) is 0 Å². The van der Waals surface area contributed by atoms with Gasteiger partial charge in [0, 0.05) is 12.0 Å². The van der Waals surface area contributed by atoms with Gasteiger partial charge in [0.05, 0.1) is 12.8 Å². The van der Waals surface area contributed by atoms with E-state index in [0.29, 0.717) is 12.8 Å². The highest BCUT2D eigenvalue weighted by Gasteiger charge is 2.34. The van der Waals surface area contributed by atoms with E-state index in [1.807, 2.05) is 78.9 Å². The lowest BCUT2D eigenvalue weighted by molar-refractivity contribution is -0.147. The SMILES string of the molecule is O=C(O)CC1CCCC1NC(=O)[C@H](CC(=O)OCc1ccccc1)NC(=O)OCC1c2ccccc2-c2ccccc21. The molecule has 2 unspecified atom stereocenters. The van der Waals surface area contributed by atoms with E-state index in [0.717, 1.165) is 34.2 Å². The summed E-state index contributed by atoms with van der Waals surface area (Å²) in [5.41, 5.74) is 5.08. The molecule has 0 saturated heterocycles. The number of hydrogen-bond acceptors (Lipinski definition) is 6. The van der Waals surface area contributed by atoms with Gasteiger partial charge in [-0.2, -0.15) is 0 Å². The predicted octanol–water partition coefficient (Wildman–Crippen LogP) is 4.79. The summed E-state index contributed by atoms with van der Waals surface area (Å²) in [7, 11) is 0. The van der Waals surface area contributed by atoms with Crippen LogP contribution in [0.1, 0.15) is 54.7 Å². The number of benzene rings is 3. The predicted molar refractivity (Wildman–Crippen MR) is 154 cm³/mol. The molecule has 0 aliphatic heterocycles. The van der Waals surface area contributed by atoms with Crippen LogP contribution in [0.3, 0.4) is 0 Å². The average Bonchev–Trinajstić information content (AvgIpc) is 3.56. The topological polar surface area (TPSA) is 131 Å². The molecule has 1 fully saturated rings. The zero-order valence-corrected chi connectivity index (χ0v) is 23.2. The van der Waals surface area contributed by atoms with E-state index >= 15 is 0 Å². The molecule has 2 amide bonds. The first-order chi connectivity index (χ1) is 20.4. The molecule has 2 aliphatic rings. The lowest BCUT2D eigenvalue weighted by Gasteiger charge is -2.24. The lowest BCUT2D eigenvalue weighted by atomic mass is 9.98. The summed E-state index contributed by atoms with van der Waals surface area (Å²) >= 11 is 0. The van der Waals surface area contributed by atoms with Gasteiger partial charge in [-0.25, -0.2) is 4.79 Å². The summed E-state index contributed by atoms with van der Waals surface area (Å²) in [5.74, 6) is -2.55. The molecule has 3 aromatic carbocycles. The van der Waals surface area contributed by atoms with Crippen LogP contribution in [0.25, 0.3) is 11.1 Å². The minimum absolute atomic E-state index is 0.0300. The smallest absolute Gasteiger partial charge is 0.407 e. The average molecular weight is 571 g/mol. The van der Waals surface area contributed by atoms with E-state index in [1.54, 1.807) is 0 Å². The molecule has 3 aromatic rings. The monoisotopic (exact) mass is 570 g/mol. The highest BCUT2D eigenvalue weighted by Crippen LogP contribution is 2.44. The number of aliphatic carboxylic acids is 1. The summed E-state index contributed by atoms with van der Waals surface area (Å²) in [6, 6.07) is 23.4. The molecule has 9 nitrogen and oxygen atoms in total. The fourth-order valence-corrected chi connectivity index (χ4v) is 5.93. The van der Waals surface area contributed by atoms with Gasteiger partial charge in [0.15, 0.2) is 0 Å². The van der Waals surface area contributed by atoms with Gasteiger partial charge in [-0.15, -0.1) is 0 Å². The van der Waals surface area contributed by atoms with Crippen LogP contribution in [0.15, 0.2) is 78.9 Å². The summed E-state index contributed by atoms with van der Waals surface area (Å²) in [4.78, 5) is 50.3. The molecule has 3 N–H and O–H groups in total. The highest BCUT2D eigenvalue weighted by atomic mass is 16.5. The number of amides is 2. The normalized spacial score (nSPS) is 17.9. The number of nitrogens with one attached hydrogen (secondary N) is 2. The van der Waals surface area contributed by atoms with E-state index in [9.17, 15) is 24.3 Å². The van der Waals surface area contributed by atoms with Gasteiger partial charge >= 0.3 is 18.0 Å². The van der Waals surface area contributed by atoms with Crippen LogP contribution < -0.4 is 10.6 Å². The van der Waals surface area contributed by atoms with Crippen LogP contribution in [0, 0.1) is 5.92 Å². The number of carbonyl (C=O) groups is 4. The molecular weight excluding hydrogens is 536 g/mol. The van der Waals surface area contributed by atoms with Crippen LogP contribution in [-0.4, -0.2) is 47.7 Å². The molecular formula is C33H34N2O7. The van der Waals surface area contributed by atoms with Crippen LogP contribution in [0.5, 0.6) is 0 Å². The first-order valence-electron chi connectivity index (χ1n) is 14.2. The van der Waals surface area contributed by atoms with Crippen molar-refractivity contribution >= 4 is 23.9 Å². The van der Waals surface area contributed by atoms with E-state index < -0.39 is 36.4 Å². The van der Waals surface area contributed by atoms with Crippen molar-refractivity contribution in [1.29, 1.82) is 0 Å². The Bertz CT molecular complexity index is 1400. The Hall–Kier alpha value is -4.66. The van der Waals surface area contributed by atoms with Crippen LogP contribution in [-0.2, 0) is 30.5 Å². The number of ether oxygens (including phenoxy) is 2. The molecule has 0 aromatic heterocycles. The highest BCUT2D eigenvalue weighted by molar-refractivity contribution is 5.90. The fourth-order valence-electron chi connectivity index (χ4n) is 5.93. The van der Waals surface area contributed by atoms with Gasteiger partial charge in [0.2, 0.25) is 5.91 Å². The second-order valence-electron chi connectivity index (χ2n) is 10.8. The number of fused-ring (bicyclic) bond motifs is 3. The van der Waals surface area contributed by atoms with Crippen molar-refractivity contribution in [3.8, 4) is 11.1 Å². The van der Waals surface area contributed by atoms with Crippen molar-refractivity contribution in [2.75, 3.05) is 6.61 Å². The van der Waals surface area contributed by atoms with Crippen molar-refractivity contribution in [2.24, 2.45) is 5.92 Å². The van der Waals surface area contributed by atoms with Crippen LogP contribution in [0.4, 0.5) is 4.79 Å². The minimum atomic E-state index is -1.25. The minimum Gasteiger partial charge on any atom is -0.481 e. The maximum Gasteiger partial charge on any atom is 0.407 e. The quantitative estimate of drug-likeness (QED) is 0.283. The third kappa shape index (κ3) is 6.97. The number of carboxylic acids is 1. The lowest BCUT2D eigenvalue weighted by Crippen LogP contribution is -2.51. The third-order valence-electron chi connectivity index (χ3n) is 7.99. The summed E-state index contributed by atoms with van der Waals surface area (Å²) < 4.78 is 11.0. The Morgan fingerprint density at radius 3 is 2.14 bits per heavy atom. The fraction of sp³-hybridized carbons (Fsp3) is 0.333. The van der Waals surface area contributed by atoms with Gasteiger partial charge in [-0.05, 0) is 46.6 Å². The van der Waals surface area contributed by atoms with E-state index in [-0.39, 0.29) is 37.5 Å². The van der Waals surface area contributed by atoms with Gasteiger partial charge in [-0.3, -0.25) is 14.4 Å². The van der Waals surface area contributed by atoms with E-state index in [4.69, 9.17) is 9.47 Å². The Morgan fingerprint density at radius 1 is 0.833 bits per heavy atom. The molecule has 42 heavy (non-hydrogen) atoms. The van der Waals surface area contributed by atoms with E-state index in [1.165, 1.54) is 0 Å². The van der Waals surface area contributed by atoms with Crippen molar-refractivity contribution < 1.29 is 33.8 Å². The number of hydrogen-bond donors (Lipinski definition) is 3. The Kier molecular flexibility index (Phi) is 9.16. The Labute approximate surface area is 244 Å². The standard InChI is InChI=1S/C33H34N2O7/c36-30(37)17-22-11-8-16-28(22)34-32(39)29(18-31(38)41-19-21-9-2-1-3-10-21)35-33(40)42-20-27-25-14-6-4-12-23(25)24-13-5-7-15-26(24)27/h1-7,9-10,12-15,22,27-29H,8,11,16-20H2,(H,34,39)(H,35,40)(H,36,37)/t22?,28?,29-/m0/s1. The zero-order valence-electron chi connectivity index (χ0n) is 23.2. The molecule has 9 heteroatoms. The molecule has 1 saturated carbocycles. The molecule has 2 aliphatic carbocycles. The number of carbonyl (C=O) groups excluding carboxylic acids is 3. The molecule has 218 valence electrons. The second kappa shape index (κ2) is 13.3. The molecule has 0 heterocycles. The van der Waals surface area contributed by atoms with Gasteiger partial charge in [0.1, 0.15) is 19.3 Å². The van der Waals surface area contributed by atoms with Crippen molar-refractivity contribution in [1.82, 2.24) is 10.6 Å². The molecule has 5 rings (SSSR count). The van der Waals surface area contributed by atoms with Crippen molar-refractivity contribution in [3.05, 3.63) is 95.6 Å². The number of esters is 1.